The van der Waals surface area contributed by atoms with Crippen LogP contribution in [0.2, 0.25) is 0 Å². The molecule has 0 aliphatic carbocycles. The number of benzene rings is 1. The van der Waals surface area contributed by atoms with Gasteiger partial charge in [0, 0.05) is 12.8 Å². The van der Waals surface area contributed by atoms with Gasteiger partial charge in [-0.3, -0.25) is 10.1 Å². The summed E-state index contributed by atoms with van der Waals surface area (Å²) in [5.74, 6) is -0.476. The molecule has 0 saturated carbocycles. The van der Waals surface area contributed by atoms with Gasteiger partial charge in [0.05, 0.1) is 6.04 Å². The van der Waals surface area contributed by atoms with Crippen molar-refractivity contribution in [2.75, 3.05) is 12.8 Å². The van der Waals surface area contributed by atoms with Gasteiger partial charge in [0.25, 0.3) is 0 Å². The van der Waals surface area contributed by atoms with Gasteiger partial charge in [-0.25, -0.2) is 13.4 Å². The predicted molar refractivity (Wildman–Crippen MR) is 87.2 cm³/mol. The molecule has 0 bridgehead atoms. The lowest BCUT2D eigenvalue weighted by Gasteiger charge is -2.35. The van der Waals surface area contributed by atoms with Gasteiger partial charge in [-0.1, -0.05) is 30.3 Å². The molecule has 1 aromatic rings. The third-order valence-electron chi connectivity index (χ3n) is 3.80. The van der Waals surface area contributed by atoms with Crippen LogP contribution in [0.15, 0.2) is 47.6 Å². The Bertz CT molecular complexity index is 758. The van der Waals surface area contributed by atoms with E-state index in [4.69, 9.17) is 0 Å². The topological polar surface area (TPSA) is 99.7 Å². The lowest BCUT2D eigenvalue weighted by molar-refractivity contribution is -0.123. The monoisotopic (exact) mass is 334 g/mol. The van der Waals surface area contributed by atoms with Crippen LogP contribution in [0, 0.1) is 5.92 Å². The van der Waals surface area contributed by atoms with Crippen molar-refractivity contribution >= 4 is 21.6 Å². The van der Waals surface area contributed by atoms with Crippen LogP contribution in [0.4, 0.5) is 0 Å². The molecule has 3 rings (SSSR count). The summed E-state index contributed by atoms with van der Waals surface area (Å²) in [6.07, 6.45) is 4.53. The summed E-state index contributed by atoms with van der Waals surface area (Å²) in [6.45, 7) is 0.409. The maximum atomic E-state index is 12.5. The van der Waals surface area contributed by atoms with Gasteiger partial charge < -0.3 is 10.6 Å². The second-order valence-corrected chi connectivity index (χ2v) is 7.63. The number of fused-ring (bicyclic) bond motifs is 1. The van der Waals surface area contributed by atoms with Crippen LogP contribution < -0.4 is 16.0 Å². The van der Waals surface area contributed by atoms with E-state index in [1.165, 1.54) is 0 Å². The standard InChI is InChI=1S/C15H18N4O3S/c1-23(21,22)15-18-12(10-6-3-2-4-7-10)11-13(19-15)16-8-5-9-17-14(11)20/h2-8,11-12,15,18H,9H2,1H3,(H,16,19)(H,17,20). The highest BCUT2D eigenvalue weighted by molar-refractivity contribution is 7.91. The van der Waals surface area contributed by atoms with E-state index in [9.17, 15) is 13.2 Å². The summed E-state index contributed by atoms with van der Waals surface area (Å²) in [5, 5.41) is 8.75. The smallest absolute Gasteiger partial charge is 0.232 e. The van der Waals surface area contributed by atoms with Gasteiger partial charge >= 0.3 is 0 Å². The fourth-order valence-corrected chi connectivity index (χ4v) is 3.39. The van der Waals surface area contributed by atoms with Crippen LogP contribution in [0.3, 0.4) is 0 Å². The third kappa shape index (κ3) is 3.27. The lowest BCUT2D eigenvalue weighted by Crippen LogP contribution is -2.55. The Balaban J connectivity index is 2.09. The first kappa shape index (κ1) is 15.7. The summed E-state index contributed by atoms with van der Waals surface area (Å²) in [6, 6.07) is 8.82. The Kier molecular flexibility index (Phi) is 4.18. The molecule has 0 radical (unpaired) electrons. The van der Waals surface area contributed by atoms with Crippen molar-refractivity contribution in [3.63, 3.8) is 0 Å². The van der Waals surface area contributed by atoms with E-state index < -0.39 is 27.3 Å². The Morgan fingerprint density at radius 1 is 1.22 bits per heavy atom. The van der Waals surface area contributed by atoms with Crippen LogP contribution in [0.25, 0.3) is 0 Å². The van der Waals surface area contributed by atoms with Crippen molar-refractivity contribution in [1.82, 2.24) is 16.0 Å². The Morgan fingerprint density at radius 2 is 1.96 bits per heavy atom. The quantitative estimate of drug-likeness (QED) is 0.702. The van der Waals surface area contributed by atoms with Crippen molar-refractivity contribution < 1.29 is 13.2 Å². The normalized spacial score (nSPS) is 27.8. The van der Waals surface area contributed by atoms with Gasteiger partial charge in [0.15, 0.2) is 9.84 Å². The average Bonchev–Trinajstić information content (AvgIpc) is 2.51. The van der Waals surface area contributed by atoms with Crippen LogP contribution in [-0.4, -0.2) is 38.5 Å². The third-order valence-corrected chi connectivity index (χ3v) is 4.85. The molecule has 23 heavy (non-hydrogen) atoms. The van der Waals surface area contributed by atoms with Gasteiger partial charge in [-0.15, -0.1) is 0 Å². The number of carbonyl (C=O) groups is 1. The van der Waals surface area contributed by atoms with E-state index in [2.05, 4.69) is 20.9 Å². The van der Waals surface area contributed by atoms with E-state index in [1.54, 1.807) is 12.3 Å². The molecule has 0 aromatic heterocycles. The number of rotatable bonds is 2. The first-order valence-electron chi connectivity index (χ1n) is 7.23. The van der Waals surface area contributed by atoms with Gasteiger partial charge in [0.2, 0.25) is 11.4 Å². The molecule has 3 unspecified atom stereocenters. The molecule has 0 spiro atoms. The average molecular weight is 334 g/mol. The maximum Gasteiger partial charge on any atom is 0.232 e. The van der Waals surface area contributed by atoms with Crippen molar-refractivity contribution in [1.29, 1.82) is 0 Å². The number of hydrogen-bond acceptors (Lipinski definition) is 6. The van der Waals surface area contributed by atoms with Crippen molar-refractivity contribution in [3.05, 3.63) is 48.2 Å². The molecular weight excluding hydrogens is 316 g/mol. The van der Waals surface area contributed by atoms with Crippen molar-refractivity contribution in [2.24, 2.45) is 10.9 Å². The highest BCUT2D eigenvalue weighted by Crippen LogP contribution is 2.29. The van der Waals surface area contributed by atoms with Gasteiger partial charge in [0.1, 0.15) is 11.8 Å². The molecule has 3 atom stereocenters. The molecule has 3 N–H and O–H groups in total. The van der Waals surface area contributed by atoms with E-state index in [1.807, 2.05) is 30.3 Å². The van der Waals surface area contributed by atoms with Crippen LogP contribution in [0.5, 0.6) is 0 Å². The van der Waals surface area contributed by atoms with Crippen molar-refractivity contribution in [3.8, 4) is 0 Å². The highest BCUT2D eigenvalue weighted by atomic mass is 32.2. The van der Waals surface area contributed by atoms with Crippen molar-refractivity contribution in [2.45, 2.75) is 11.5 Å². The first-order valence-corrected chi connectivity index (χ1v) is 9.19. The zero-order valence-electron chi connectivity index (χ0n) is 12.6. The summed E-state index contributed by atoms with van der Waals surface area (Å²) in [5.41, 5.74) is -0.257. The largest absolute Gasteiger partial charge is 0.352 e. The molecular formula is C15H18N4O3S. The SMILES string of the molecule is CS(=O)(=O)C1N=C2NC=CCNC(=O)C2C(c2ccccc2)N1. The Morgan fingerprint density at radius 3 is 2.65 bits per heavy atom. The highest BCUT2D eigenvalue weighted by Gasteiger charge is 2.41. The molecule has 0 fully saturated rings. The summed E-state index contributed by atoms with van der Waals surface area (Å²) in [4.78, 5) is 16.7. The number of hydrogen-bond donors (Lipinski definition) is 3. The molecule has 2 aliphatic rings. The molecule has 0 saturated heterocycles. The van der Waals surface area contributed by atoms with Gasteiger partial charge in [-0.05, 0) is 17.8 Å². The van der Waals surface area contributed by atoms with E-state index in [0.29, 0.717) is 12.4 Å². The zero-order valence-corrected chi connectivity index (χ0v) is 13.4. The number of sulfone groups is 1. The number of amides is 1. The van der Waals surface area contributed by atoms with E-state index in [0.717, 1.165) is 11.8 Å². The minimum Gasteiger partial charge on any atom is -0.352 e. The number of carbonyl (C=O) groups excluding carboxylic acids is 1. The Hall–Kier alpha value is -2.19. The van der Waals surface area contributed by atoms with Crippen LogP contribution in [0.1, 0.15) is 11.6 Å². The van der Waals surface area contributed by atoms with Gasteiger partial charge in [-0.2, -0.15) is 0 Å². The summed E-state index contributed by atoms with van der Waals surface area (Å²) < 4.78 is 23.9. The summed E-state index contributed by atoms with van der Waals surface area (Å²) in [7, 11) is -3.45. The fourth-order valence-electron chi connectivity index (χ4n) is 2.70. The first-order chi connectivity index (χ1) is 11.0. The second kappa shape index (κ2) is 6.13. The minimum absolute atomic E-state index is 0.200. The maximum absolute atomic E-state index is 12.5. The van der Waals surface area contributed by atoms with Crippen LogP contribution in [-0.2, 0) is 14.6 Å². The molecule has 8 heteroatoms. The summed E-state index contributed by atoms with van der Waals surface area (Å²) >= 11 is 0. The fraction of sp³-hybridized carbons (Fsp3) is 0.333. The molecule has 2 heterocycles. The minimum atomic E-state index is -3.45. The number of nitrogens with zero attached hydrogens (tertiary/aromatic N) is 1. The number of aliphatic imine (C=N–C) groups is 1. The van der Waals surface area contributed by atoms with E-state index >= 15 is 0 Å². The molecule has 7 nitrogen and oxygen atoms in total. The molecule has 1 amide bonds. The lowest BCUT2D eigenvalue weighted by atomic mass is 9.89. The molecule has 1 aromatic carbocycles. The molecule has 122 valence electrons. The zero-order chi connectivity index (χ0) is 16.4. The second-order valence-electron chi connectivity index (χ2n) is 5.52. The van der Waals surface area contributed by atoms with E-state index in [-0.39, 0.29) is 5.91 Å². The number of amidine groups is 1. The Labute approximate surface area is 134 Å². The van der Waals surface area contributed by atoms with Crippen LogP contribution >= 0.6 is 0 Å². The number of nitrogens with one attached hydrogen (secondary N) is 3. The predicted octanol–water partition coefficient (Wildman–Crippen LogP) is -0.0931. The molecule has 2 aliphatic heterocycles.